The molecule has 0 amide bonds. The number of aliphatic carboxylic acids is 2. The number of hydrogen-bond donors (Lipinski definition) is 2. The second-order valence-electron chi connectivity index (χ2n) is 5.85. The van der Waals surface area contributed by atoms with E-state index < -0.39 is 11.9 Å². The Kier molecular flexibility index (Phi) is 10.3. The molecular formula is C18H22N4O4Ru+2. The van der Waals surface area contributed by atoms with Gasteiger partial charge in [-0.15, -0.1) is 0 Å². The van der Waals surface area contributed by atoms with Crippen LogP contribution in [0.3, 0.4) is 0 Å². The molecule has 0 aliphatic carbocycles. The molecule has 2 heterocycles. The van der Waals surface area contributed by atoms with Gasteiger partial charge >= 0.3 is 31.4 Å². The van der Waals surface area contributed by atoms with Crippen LogP contribution in [0, 0.1) is 0 Å². The maximum atomic E-state index is 11.1. The third-order valence-electron chi connectivity index (χ3n) is 3.67. The van der Waals surface area contributed by atoms with Gasteiger partial charge < -0.3 is 10.2 Å². The van der Waals surface area contributed by atoms with E-state index in [1.165, 1.54) is 0 Å². The van der Waals surface area contributed by atoms with E-state index in [0.29, 0.717) is 26.2 Å². The number of pyridine rings is 2. The molecule has 0 spiro atoms. The Bertz CT molecular complexity index is 642. The maximum absolute atomic E-state index is 11.1. The second-order valence-corrected chi connectivity index (χ2v) is 5.85. The Labute approximate surface area is 170 Å². The first-order valence-electron chi connectivity index (χ1n) is 8.21. The average Bonchev–Trinajstić information content (AvgIpc) is 2.60. The van der Waals surface area contributed by atoms with Crippen LogP contribution in [-0.2, 0) is 42.2 Å². The van der Waals surface area contributed by atoms with Gasteiger partial charge in [0.05, 0.1) is 24.5 Å². The van der Waals surface area contributed by atoms with Crippen LogP contribution in [0.2, 0.25) is 0 Å². The number of rotatable bonds is 11. The zero-order valence-corrected chi connectivity index (χ0v) is 16.5. The van der Waals surface area contributed by atoms with Gasteiger partial charge in [0.2, 0.25) is 0 Å². The van der Waals surface area contributed by atoms with Gasteiger partial charge in [-0.3, -0.25) is 29.4 Å². The molecule has 2 aromatic rings. The van der Waals surface area contributed by atoms with Crippen molar-refractivity contribution in [3.63, 3.8) is 0 Å². The Morgan fingerprint density at radius 1 is 0.778 bits per heavy atom. The van der Waals surface area contributed by atoms with Gasteiger partial charge in [0.15, 0.2) is 0 Å². The largest absolute Gasteiger partial charge is 2.00 e. The number of carbonyl (C=O) groups is 2. The van der Waals surface area contributed by atoms with E-state index in [2.05, 4.69) is 9.97 Å². The smallest absolute Gasteiger partial charge is 0.480 e. The molecule has 0 radical (unpaired) electrons. The topological polar surface area (TPSA) is 107 Å². The Balaban J connectivity index is 0.00000364. The summed E-state index contributed by atoms with van der Waals surface area (Å²) in [6.07, 6.45) is 3.32. The predicted molar refractivity (Wildman–Crippen MR) is 94.3 cm³/mol. The van der Waals surface area contributed by atoms with Gasteiger partial charge in [-0.25, -0.2) is 0 Å². The van der Waals surface area contributed by atoms with Crippen molar-refractivity contribution in [2.45, 2.75) is 13.1 Å². The number of nitrogens with zero attached hydrogens (tertiary/aromatic N) is 4. The standard InChI is InChI=1S/C18H22N4O4.Ru/c23-17(24)13-21(11-15-5-1-3-7-19-15)9-10-22(14-18(25)26)12-16-6-2-4-8-20-16;/h1-8H,9-14H2,(H,23,24)(H,25,26);/q;+2. The van der Waals surface area contributed by atoms with Crippen molar-refractivity contribution in [1.82, 2.24) is 19.8 Å². The first kappa shape index (κ1) is 22.8. The summed E-state index contributed by atoms with van der Waals surface area (Å²) in [5.74, 6) is -1.87. The third kappa shape index (κ3) is 9.33. The van der Waals surface area contributed by atoms with E-state index in [1.807, 2.05) is 24.3 Å². The molecular weight excluding hydrogens is 437 g/mol. The molecule has 0 unspecified atom stereocenters. The van der Waals surface area contributed by atoms with Gasteiger partial charge in [0, 0.05) is 38.6 Å². The Morgan fingerprint density at radius 2 is 1.19 bits per heavy atom. The summed E-state index contributed by atoms with van der Waals surface area (Å²) in [6.45, 7) is 1.31. The third-order valence-corrected chi connectivity index (χ3v) is 3.67. The molecule has 0 aromatic carbocycles. The molecule has 0 saturated heterocycles. The van der Waals surface area contributed by atoms with Gasteiger partial charge in [-0.1, -0.05) is 12.1 Å². The second kappa shape index (κ2) is 12.2. The van der Waals surface area contributed by atoms with Crippen molar-refractivity contribution in [2.24, 2.45) is 0 Å². The van der Waals surface area contributed by atoms with Gasteiger partial charge in [0.1, 0.15) is 0 Å². The molecule has 27 heavy (non-hydrogen) atoms. The molecule has 0 fully saturated rings. The first-order valence-corrected chi connectivity index (χ1v) is 8.21. The molecule has 2 rings (SSSR count). The molecule has 8 nitrogen and oxygen atoms in total. The number of hydrogen-bond acceptors (Lipinski definition) is 6. The van der Waals surface area contributed by atoms with E-state index >= 15 is 0 Å². The fourth-order valence-corrected chi connectivity index (χ4v) is 2.53. The van der Waals surface area contributed by atoms with E-state index in [1.54, 1.807) is 34.3 Å². The average molecular weight is 459 g/mol. The summed E-state index contributed by atoms with van der Waals surface area (Å²) in [6, 6.07) is 11.0. The fraction of sp³-hybridized carbons (Fsp3) is 0.333. The van der Waals surface area contributed by atoms with Crippen LogP contribution in [-0.4, -0.2) is 68.1 Å². The van der Waals surface area contributed by atoms with Crippen molar-refractivity contribution in [1.29, 1.82) is 0 Å². The molecule has 2 aromatic heterocycles. The molecule has 0 bridgehead atoms. The van der Waals surface area contributed by atoms with Crippen molar-refractivity contribution < 1.29 is 39.3 Å². The SMILES string of the molecule is O=C(O)CN(CCN(CC(=O)O)Cc1ccccn1)Cc1ccccn1.[Ru+2]. The minimum absolute atomic E-state index is 0. The minimum Gasteiger partial charge on any atom is -0.480 e. The van der Waals surface area contributed by atoms with Crippen LogP contribution >= 0.6 is 0 Å². The minimum atomic E-state index is -0.935. The van der Waals surface area contributed by atoms with Crippen molar-refractivity contribution in [2.75, 3.05) is 26.2 Å². The van der Waals surface area contributed by atoms with E-state index in [4.69, 9.17) is 10.2 Å². The van der Waals surface area contributed by atoms with E-state index in [0.717, 1.165) is 11.4 Å². The van der Waals surface area contributed by atoms with Gasteiger partial charge in [-0.2, -0.15) is 0 Å². The monoisotopic (exact) mass is 460 g/mol. The van der Waals surface area contributed by atoms with Crippen LogP contribution in [0.1, 0.15) is 11.4 Å². The van der Waals surface area contributed by atoms with Crippen LogP contribution in [0.5, 0.6) is 0 Å². The number of aromatic nitrogens is 2. The number of carboxylic acids is 2. The molecule has 0 atom stereocenters. The Hall–Kier alpha value is -2.22. The van der Waals surface area contributed by atoms with E-state index in [9.17, 15) is 9.59 Å². The van der Waals surface area contributed by atoms with Crippen molar-refractivity contribution in [3.05, 3.63) is 60.2 Å². The van der Waals surface area contributed by atoms with Crippen LogP contribution in [0.15, 0.2) is 48.8 Å². The summed E-state index contributed by atoms with van der Waals surface area (Å²) in [7, 11) is 0. The summed E-state index contributed by atoms with van der Waals surface area (Å²) < 4.78 is 0. The normalized spacial score (nSPS) is 10.6. The zero-order valence-electron chi connectivity index (χ0n) is 14.7. The fourth-order valence-electron chi connectivity index (χ4n) is 2.53. The molecule has 2 N–H and O–H groups in total. The van der Waals surface area contributed by atoms with Crippen LogP contribution in [0.25, 0.3) is 0 Å². The first-order chi connectivity index (χ1) is 12.5. The zero-order chi connectivity index (χ0) is 18.8. The summed E-state index contributed by atoms with van der Waals surface area (Å²) in [5.41, 5.74) is 1.53. The van der Waals surface area contributed by atoms with Gasteiger partial charge in [-0.05, 0) is 24.3 Å². The van der Waals surface area contributed by atoms with E-state index in [-0.39, 0.29) is 32.6 Å². The quantitative estimate of drug-likeness (QED) is 0.479. The number of carboxylic acid groups (broad SMARTS) is 2. The van der Waals surface area contributed by atoms with Crippen molar-refractivity contribution >= 4 is 11.9 Å². The summed E-state index contributed by atoms with van der Waals surface area (Å²) in [4.78, 5) is 34.2. The molecule has 0 aliphatic heterocycles. The van der Waals surface area contributed by atoms with Crippen LogP contribution in [0.4, 0.5) is 0 Å². The molecule has 0 saturated carbocycles. The van der Waals surface area contributed by atoms with Crippen LogP contribution < -0.4 is 0 Å². The van der Waals surface area contributed by atoms with Gasteiger partial charge in [0.25, 0.3) is 0 Å². The predicted octanol–water partition coefficient (Wildman–Crippen LogP) is 0.948. The van der Waals surface area contributed by atoms with Crippen molar-refractivity contribution in [3.8, 4) is 0 Å². The molecule has 144 valence electrons. The summed E-state index contributed by atoms with van der Waals surface area (Å²) in [5, 5.41) is 18.3. The molecule has 0 aliphatic rings. The summed E-state index contributed by atoms with van der Waals surface area (Å²) >= 11 is 0. The Morgan fingerprint density at radius 3 is 1.48 bits per heavy atom. The molecule has 9 heteroatoms. The maximum Gasteiger partial charge on any atom is 2.00 e.